The molecule has 0 radical (unpaired) electrons. The van der Waals surface area contributed by atoms with Crippen molar-refractivity contribution in [2.24, 2.45) is 0 Å². The highest BCUT2D eigenvalue weighted by molar-refractivity contribution is 5.97. The molecular formula is C13H9FN4O2. The van der Waals surface area contributed by atoms with Gasteiger partial charge in [-0.25, -0.2) is 18.9 Å². The van der Waals surface area contributed by atoms with Crippen LogP contribution in [0.15, 0.2) is 36.4 Å². The number of nitrogens with zero attached hydrogens (tertiary/aromatic N) is 4. The SMILES string of the molecule is COC(=O)/C(C#N)=C/c1ccc(-n2cncn2)c(F)c1. The fourth-order valence-corrected chi connectivity index (χ4v) is 1.54. The van der Waals surface area contributed by atoms with Crippen molar-refractivity contribution < 1.29 is 13.9 Å². The Kier molecular flexibility index (Phi) is 3.86. The predicted molar refractivity (Wildman–Crippen MR) is 66.9 cm³/mol. The molecule has 6 nitrogen and oxygen atoms in total. The minimum Gasteiger partial charge on any atom is -0.465 e. The molecule has 1 heterocycles. The van der Waals surface area contributed by atoms with Crippen LogP contribution in [0.4, 0.5) is 4.39 Å². The molecule has 0 saturated heterocycles. The van der Waals surface area contributed by atoms with Gasteiger partial charge in [0.15, 0.2) is 0 Å². The van der Waals surface area contributed by atoms with Gasteiger partial charge in [-0.1, -0.05) is 6.07 Å². The lowest BCUT2D eigenvalue weighted by atomic mass is 10.1. The van der Waals surface area contributed by atoms with Gasteiger partial charge < -0.3 is 4.74 Å². The van der Waals surface area contributed by atoms with E-state index in [0.29, 0.717) is 5.56 Å². The Bertz CT molecular complexity index is 702. The highest BCUT2D eigenvalue weighted by atomic mass is 19.1. The van der Waals surface area contributed by atoms with Gasteiger partial charge in [0.05, 0.1) is 7.11 Å². The number of rotatable bonds is 3. The van der Waals surface area contributed by atoms with Crippen LogP contribution in [0.5, 0.6) is 0 Å². The number of aromatic nitrogens is 3. The maximum absolute atomic E-state index is 13.9. The van der Waals surface area contributed by atoms with E-state index in [1.165, 1.54) is 42.7 Å². The van der Waals surface area contributed by atoms with Crippen molar-refractivity contribution >= 4 is 12.0 Å². The highest BCUT2D eigenvalue weighted by Crippen LogP contribution is 2.16. The number of esters is 1. The number of ether oxygens (including phenoxy) is 1. The largest absolute Gasteiger partial charge is 0.465 e. The maximum atomic E-state index is 13.9. The lowest BCUT2D eigenvalue weighted by Crippen LogP contribution is -2.03. The van der Waals surface area contributed by atoms with Crippen molar-refractivity contribution in [3.8, 4) is 11.8 Å². The van der Waals surface area contributed by atoms with Gasteiger partial charge in [0.2, 0.25) is 0 Å². The minimum atomic E-state index is -0.770. The lowest BCUT2D eigenvalue weighted by Gasteiger charge is -2.03. The zero-order chi connectivity index (χ0) is 14.5. The van der Waals surface area contributed by atoms with Crippen LogP contribution in [0.3, 0.4) is 0 Å². The third-order valence-corrected chi connectivity index (χ3v) is 2.47. The summed E-state index contributed by atoms with van der Waals surface area (Å²) in [7, 11) is 1.17. The Morgan fingerprint density at radius 2 is 2.35 bits per heavy atom. The molecule has 20 heavy (non-hydrogen) atoms. The molecule has 7 heteroatoms. The summed E-state index contributed by atoms with van der Waals surface area (Å²) in [6, 6.07) is 5.92. The van der Waals surface area contributed by atoms with Gasteiger partial charge >= 0.3 is 5.97 Å². The van der Waals surface area contributed by atoms with Gasteiger partial charge in [-0.2, -0.15) is 10.4 Å². The van der Waals surface area contributed by atoms with Crippen LogP contribution in [-0.4, -0.2) is 27.8 Å². The topological polar surface area (TPSA) is 80.8 Å². The van der Waals surface area contributed by atoms with E-state index in [2.05, 4.69) is 14.8 Å². The number of benzene rings is 1. The molecule has 0 amide bonds. The number of hydrogen-bond acceptors (Lipinski definition) is 5. The van der Waals surface area contributed by atoms with Crippen molar-refractivity contribution in [2.75, 3.05) is 7.11 Å². The van der Waals surface area contributed by atoms with Gasteiger partial charge in [0.1, 0.15) is 35.8 Å². The fraction of sp³-hybridized carbons (Fsp3) is 0.0769. The molecule has 0 bridgehead atoms. The smallest absolute Gasteiger partial charge is 0.348 e. The summed E-state index contributed by atoms with van der Waals surface area (Å²) in [6.45, 7) is 0. The molecule has 1 aromatic carbocycles. The Morgan fingerprint density at radius 3 is 2.90 bits per heavy atom. The standard InChI is InChI=1S/C13H9FN4O2/c1-20-13(19)10(6-15)4-9-2-3-12(11(14)5-9)18-8-16-7-17-18/h2-5,7-8H,1H3/b10-4+. The summed E-state index contributed by atoms with van der Waals surface area (Å²) < 4.78 is 19.6. The fourth-order valence-electron chi connectivity index (χ4n) is 1.54. The molecule has 0 atom stereocenters. The minimum absolute atomic E-state index is 0.208. The molecular weight excluding hydrogens is 263 g/mol. The molecule has 0 unspecified atom stereocenters. The van der Waals surface area contributed by atoms with Crippen LogP contribution in [0, 0.1) is 17.1 Å². The first-order chi connectivity index (χ1) is 9.65. The molecule has 2 aromatic rings. The van der Waals surface area contributed by atoms with E-state index in [0.717, 1.165) is 0 Å². The Morgan fingerprint density at radius 1 is 1.55 bits per heavy atom. The molecule has 0 spiro atoms. The average Bonchev–Trinajstić information content (AvgIpc) is 2.98. The van der Waals surface area contributed by atoms with Gasteiger partial charge in [0.25, 0.3) is 0 Å². The molecule has 100 valence electrons. The number of carbonyl (C=O) groups is 1. The molecule has 0 saturated carbocycles. The Balaban J connectivity index is 2.37. The summed E-state index contributed by atoms with van der Waals surface area (Å²) in [5.41, 5.74) is 0.380. The molecule has 0 aliphatic carbocycles. The monoisotopic (exact) mass is 272 g/mol. The van der Waals surface area contributed by atoms with Crippen LogP contribution >= 0.6 is 0 Å². The Hall–Kier alpha value is -3.01. The molecule has 0 aliphatic rings. The summed E-state index contributed by atoms with van der Waals surface area (Å²) in [6.07, 6.45) is 3.90. The summed E-state index contributed by atoms with van der Waals surface area (Å²) in [5.74, 6) is -1.32. The summed E-state index contributed by atoms with van der Waals surface area (Å²) in [4.78, 5) is 15.0. The van der Waals surface area contributed by atoms with E-state index in [1.54, 1.807) is 12.1 Å². The van der Waals surface area contributed by atoms with E-state index >= 15 is 0 Å². The molecule has 0 aliphatic heterocycles. The number of halogens is 1. The Labute approximate surface area is 113 Å². The van der Waals surface area contributed by atoms with E-state index in [-0.39, 0.29) is 11.3 Å². The van der Waals surface area contributed by atoms with E-state index in [1.807, 2.05) is 0 Å². The quantitative estimate of drug-likeness (QED) is 0.480. The van der Waals surface area contributed by atoms with Crippen LogP contribution in [0.1, 0.15) is 5.56 Å². The first kappa shape index (κ1) is 13.4. The van der Waals surface area contributed by atoms with Crippen molar-refractivity contribution in [3.05, 3.63) is 47.8 Å². The highest BCUT2D eigenvalue weighted by Gasteiger charge is 2.10. The maximum Gasteiger partial charge on any atom is 0.348 e. The van der Waals surface area contributed by atoms with Gasteiger partial charge in [0, 0.05) is 0 Å². The van der Waals surface area contributed by atoms with Crippen molar-refractivity contribution in [1.29, 1.82) is 5.26 Å². The number of carbonyl (C=O) groups excluding carboxylic acids is 1. The third kappa shape index (κ3) is 2.70. The second kappa shape index (κ2) is 5.75. The first-order valence-corrected chi connectivity index (χ1v) is 5.50. The van der Waals surface area contributed by atoms with E-state index < -0.39 is 11.8 Å². The van der Waals surface area contributed by atoms with Gasteiger partial charge in [-0.3, -0.25) is 0 Å². The average molecular weight is 272 g/mol. The second-order valence-corrected chi connectivity index (χ2v) is 3.71. The normalized spacial score (nSPS) is 10.9. The van der Waals surface area contributed by atoms with Crippen LogP contribution in [-0.2, 0) is 9.53 Å². The van der Waals surface area contributed by atoms with Gasteiger partial charge in [-0.15, -0.1) is 0 Å². The van der Waals surface area contributed by atoms with Crippen LogP contribution in [0.2, 0.25) is 0 Å². The lowest BCUT2D eigenvalue weighted by molar-refractivity contribution is -0.135. The molecule has 2 rings (SSSR count). The second-order valence-electron chi connectivity index (χ2n) is 3.71. The third-order valence-electron chi connectivity index (χ3n) is 2.47. The number of nitriles is 1. The summed E-state index contributed by atoms with van der Waals surface area (Å²) in [5, 5.41) is 12.6. The summed E-state index contributed by atoms with van der Waals surface area (Å²) >= 11 is 0. The number of hydrogen-bond donors (Lipinski definition) is 0. The molecule has 0 fully saturated rings. The van der Waals surface area contributed by atoms with Crippen LogP contribution in [0.25, 0.3) is 11.8 Å². The van der Waals surface area contributed by atoms with E-state index in [9.17, 15) is 9.18 Å². The van der Waals surface area contributed by atoms with E-state index in [4.69, 9.17) is 5.26 Å². The molecule has 0 N–H and O–H groups in total. The van der Waals surface area contributed by atoms with Crippen molar-refractivity contribution in [1.82, 2.24) is 14.8 Å². The molecule has 1 aromatic heterocycles. The van der Waals surface area contributed by atoms with Crippen LogP contribution < -0.4 is 0 Å². The number of methoxy groups -OCH3 is 1. The first-order valence-electron chi connectivity index (χ1n) is 5.50. The zero-order valence-electron chi connectivity index (χ0n) is 10.4. The van der Waals surface area contributed by atoms with Crippen molar-refractivity contribution in [2.45, 2.75) is 0 Å². The zero-order valence-corrected chi connectivity index (χ0v) is 10.4. The van der Waals surface area contributed by atoms with Gasteiger partial charge in [-0.05, 0) is 23.8 Å². The predicted octanol–water partition coefficient (Wildman–Crippen LogP) is 1.49. The van der Waals surface area contributed by atoms with Crippen molar-refractivity contribution in [3.63, 3.8) is 0 Å².